The zero-order valence-corrected chi connectivity index (χ0v) is 17.6. The molecular formula is C21H20N6O2S. The van der Waals surface area contributed by atoms with E-state index in [9.17, 15) is 4.79 Å². The van der Waals surface area contributed by atoms with Gasteiger partial charge in [-0.05, 0) is 50.4 Å². The second-order valence-corrected chi connectivity index (χ2v) is 7.77. The number of aromatic nitrogens is 5. The van der Waals surface area contributed by atoms with E-state index < -0.39 is 0 Å². The third kappa shape index (κ3) is 3.84. The van der Waals surface area contributed by atoms with Crippen LogP contribution in [0.3, 0.4) is 0 Å². The van der Waals surface area contributed by atoms with Gasteiger partial charge in [0.15, 0.2) is 11.5 Å². The highest BCUT2D eigenvalue weighted by Gasteiger charge is 2.17. The van der Waals surface area contributed by atoms with Crippen molar-refractivity contribution in [3.05, 3.63) is 59.1 Å². The van der Waals surface area contributed by atoms with Gasteiger partial charge in [-0.1, -0.05) is 0 Å². The second kappa shape index (κ2) is 8.11. The first-order chi connectivity index (χ1) is 14.5. The highest BCUT2D eigenvalue weighted by molar-refractivity contribution is 7.98. The highest BCUT2D eigenvalue weighted by atomic mass is 32.2. The highest BCUT2D eigenvalue weighted by Crippen LogP contribution is 2.28. The van der Waals surface area contributed by atoms with E-state index >= 15 is 0 Å². The Bertz CT molecular complexity index is 1250. The number of thioether (sulfide) groups is 1. The quantitative estimate of drug-likeness (QED) is 0.484. The summed E-state index contributed by atoms with van der Waals surface area (Å²) < 4.78 is 7.45. The van der Waals surface area contributed by atoms with Crippen LogP contribution in [0.25, 0.3) is 34.3 Å². The van der Waals surface area contributed by atoms with Gasteiger partial charge in [0, 0.05) is 34.3 Å². The summed E-state index contributed by atoms with van der Waals surface area (Å²) >= 11 is 1.66. The molecule has 1 aromatic carbocycles. The van der Waals surface area contributed by atoms with Crippen molar-refractivity contribution in [3.8, 4) is 34.3 Å². The molecular weight excluding hydrogens is 400 g/mol. The number of nitrogens with two attached hydrogens (primary N) is 1. The van der Waals surface area contributed by atoms with Crippen LogP contribution in [0.5, 0.6) is 0 Å². The number of pyridine rings is 1. The van der Waals surface area contributed by atoms with Crippen molar-refractivity contribution in [1.29, 1.82) is 0 Å². The predicted octanol–water partition coefficient (Wildman–Crippen LogP) is 3.91. The summed E-state index contributed by atoms with van der Waals surface area (Å²) in [5.74, 6) is 0.740. The van der Waals surface area contributed by atoms with Crippen molar-refractivity contribution < 1.29 is 4.42 Å². The van der Waals surface area contributed by atoms with Crippen LogP contribution in [0.15, 0.2) is 62.9 Å². The lowest BCUT2D eigenvalue weighted by Gasteiger charge is -2.11. The molecule has 0 saturated carbocycles. The molecule has 0 bridgehead atoms. The average Bonchev–Trinajstić information content (AvgIpc) is 3.24. The van der Waals surface area contributed by atoms with Gasteiger partial charge in [-0.25, -0.2) is 9.97 Å². The van der Waals surface area contributed by atoms with E-state index in [0.29, 0.717) is 17.3 Å². The standard InChI is InChI=1S/C21H20N6O2S/c1-12(2)27-11-14(6-9-17(27)28)16-10-23-19(22)18(24-16)21-26-25-20(29-21)13-4-7-15(30-3)8-5-13/h4-12H,1-3H3,(H2,22,23). The Balaban J connectivity index is 1.72. The van der Waals surface area contributed by atoms with Gasteiger partial charge in [0.25, 0.3) is 11.4 Å². The number of hydrogen-bond acceptors (Lipinski definition) is 8. The Labute approximate surface area is 177 Å². The molecule has 0 unspecified atom stereocenters. The number of rotatable bonds is 5. The van der Waals surface area contributed by atoms with Crippen LogP contribution < -0.4 is 11.3 Å². The minimum atomic E-state index is -0.0774. The van der Waals surface area contributed by atoms with Gasteiger partial charge in [-0.3, -0.25) is 4.79 Å². The van der Waals surface area contributed by atoms with Gasteiger partial charge in [-0.15, -0.1) is 22.0 Å². The first kappa shape index (κ1) is 19.8. The minimum Gasteiger partial charge on any atom is -0.414 e. The molecule has 8 nitrogen and oxygen atoms in total. The molecule has 0 aliphatic carbocycles. The van der Waals surface area contributed by atoms with Crippen LogP contribution in [0.2, 0.25) is 0 Å². The molecule has 152 valence electrons. The van der Waals surface area contributed by atoms with Crippen LogP contribution in [0, 0.1) is 0 Å². The zero-order chi connectivity index (χ0) is 21.3. The van der Waals surface area contributed by atoms with E-state index in [1.165, 1.54) is 6.07 Å². The number of anilines is 1. The maximum atomic E-state index is 12.0. The Kier molecular flexibility index (Phi) is 5.37. The van der Waals surface area contributed by atoms with Crippen LogP contribution in [0.4, 0.5) is 5.82 Å². The zero-order valence-electron chi connectivity index (χ0n) is 16.7. The summed E-state index contributed by atoms with van der Waals surface area (Å²) in [5.41, 5.74) is 8.35. The van der Waals surface area contributed by atoms with Crippen molar-refractivity contribution in [2.75, 3.05) is 12.0 Å². The third-order valence-electron chi connectivity index (χ3n) is 4.56. The number of nitrogens with zero attached hydrogens (tertiary/aromatic N) is 5. The Hall–Kier alpha value is -3.46. The second-order valence-electron chi connectivity index (χ2n) is 6.89. The maximum Gasteiger partial charge on any atom is 0.270 e. The fourth-order valence-corrected chi connectivity index (χ4v) is 3.33. The van der Waals surface area contributed by atoms with E-state index in [1.54, 1.807) is 34.8 Å². The SMILES string of the molecule is CSc1ccc(-c2nnc(-c3nc(-c4ccc(=O)n(C(C)C)c4)cnc3N)o2)cc1. The van der Waals surface area contributed by atoms with E-state index in [2.05, 4.69) is 20.2 Å². The lowest BCUT2D eigenvalue weighted by molar-refractivity contribution is 0.578. The van der Waals surface area contributed by atoms with E-state index in [0.717, 1.165) is 16.0 Å². The number of nitrogen functional groups attached to an aromatic ring is 1. The molecule has 3 heterocycles. The molecule has 4 aromatic rings. The van der Waals surface area contributed by atoms with Crippen LogP contribution >= 0.6 is 11.8 Å². The molecule has 2 N–H and O–H groups in total. The summed E-state index contributed by atoms with van der Waals surface area (Å²) in [5, 5.41) is 8.22. The predicted molar refractivity (Wildman–Crippen MR) is 117 cm³/mol. The van der Waals surface area contributed by atoms with Gasteiger partial charge < -0.3 is 14.7 Å². The number of hydrogen-bond donors (Lipinski definition) is 1. The summed E-state index contributed by atoms with van der Waals surface area (Å²) in [6.07, 6.45) is 5.33. The fraction of sp³-hybridized carbons (Fsp3) is 0.190. The molecule has 0 spiro atoms. The smallest absolute Gasteiger partial charge is 0.270 e. The summed E-state index contributed by atoms with van der Waals surface area (Å²) in [4.78, 5) is 22.0. The molecule has 0 radical (unpaired) electrons. The molecule has 30 heavy (non-hydrogen) atoms. The van der Waals surface area contributed by atoms with Gasteiger partial charge in [-0.2, -0.15) is 0 Å². The molecule has 0 aliphatic heterocycles. The lowest BCUT2D eigenvalue weighted by atomic mass is 10.2. The minimum absolute atomic E-state index is 0.0228. The summed E-state index contributed by atoms with van der Waals surface area (Å²) in [7, 11) is 0. The topological polar surface area (TPSA) is 113 Å². The Morgan fingerprint density at radius 3 is 2.43 bits per heavy atom. The first-order valence-electron chi connectivity index (χ1n) is 9.29. The third-order valence-corrected chi connectivity index (χ3v) is 5.30. The van der Waals surface area contributed by atoms with Crippen LogP contribution in [-0.2, 0) is 0 Å². The van der Waals surface area contributed by atoms with Gasteiger partial charge in [0.1, 0.15) is 0 Å². The van der Waals surface area contributed by atoms with E-state index in [1.807, 2.05) is 44.4 Å². The van der Waals surface area contributed by atoms with Crippen molar-refractivity contribution in [3.63, 3.8) is 0 Å². The molecule has 0 fully saturated rings. The van der Waals surface area contributed by atoms with Crippen molar-refractivity contribution in [2.24, 2.45) is 0 Å². The summed E-state index contributed by atoms with van der Waals surface area (Å²) in [6, 6.07) is 11.1. The molecule has 0 aliphatic rings. The van der Waals surface area contributed by atoms with Gasteiger partial charge >= 0.3 is 0 Å². The fourth-order valence-electron chi connectivity index (χ4n) is 2.92. The van der Waals surface area contributed by atoms with Crippen molar-refractivity contribution >= 4 is 17.6 Å². The van der Waals surface area contributed by atoms with Crippen LogP contribution in [-0.4, -0.2) is 31.0 Å². The van der Waals surface area contributed by atoms with Crippen molar-refractivity contribution in [1.82, 2.24) is 24.7 Å². The lowest BCUT2D eigenvalue weighted by Crippen LogP contribution is -2.20. The van der Waals surface area contributed by atoms with Crippen molar-refractivity contribution in [2.45, 2.75) is 24.8 Å². The molecule has 0 amide bonds. The van der Waals surface area contributed by atoms with Crippen LogP contribution in [0.1, 0.15) is 19.9 Å². The molecule has 0 atom stereocenters. The largest absolute Gasteiger partial charge is 0.414 e. The molecule has 0 saturated heterocycles. The average molecular weight is 420 g/mol. The van der Waals surface area contributed by atoms with E-state index in [4.69, 9.17) is 10.2 Å². The molecule has 9 heteroatoms. The first-order valence-corrected chi connectivity index (χ1v) is 10.5. The Morgan fingerprint density at radius 2 is 1.73 bits per heavy atom. The number of benzene rings is 1. The summed E-state index contributed by atoms with van der Waals surface area (Å²) in [6.45, 7) is 3.88. The molecule has 4 rings (SSSR count). The maximum absolute atomic E-state index is 12.0. The monoisotopic (exact) mass is 420 g/mol. The van der Waals surface area contributed by atoms with Gasteiger partial charge in [0.2, 0.25) is 5.89 Å². The van der Waals surface area contributed by atoms with Gasteiger partial charge in [0.05, 0.1) is 11.9 Å². The molecule has 3 aromatic heterocycles. The van der Waals surface area contributed by atoms with E-state index in [-0.39, 0.29) is 23.3 Å². The Morgan fingerprint density at radius 1 is 1.03 bits per heavy atom. The normalized spacial score (nSPS) is 11.2.